The van der Waals surface area contributed by atoms with Gasteiger partial charge >= 0.3 is 0 Å². The summed E-state index contributed by atoms with van der Waals surface area (Å²) in [6.07, 6.45) is 6.26. The fourth-order valence-electron chi connectivity index (χ4n) is 3.86. The molecule has 1 aromatic carbocycles. The average Bonchev–Trinajstić information content (AvgIpc) is 3.22. The van der Waals surface area contributed by atoms with Gasteiger partial charge in [-0.1, -0.05) is 12.1 Å². The molecule has 2 nitrogen and oxygen atoms in total. The summed E-state index contributed by atoms with van der Waals surface area (Å²) in [5, 5.41) is 0. The number of ether oxygens (including phenoxy) is 1. The predicted molar refractivity (Wildman–Crippen MR) is 74.5 cm³/mol. The normalized spacial score (nSPS) is 27.3. The molecule has 2 aliphatic rings. The maximum atomic E-state index is 5.51. The summed E-state index contributed by atoms with van der Waals surface area (Å²) >= 11 is 0. The summed E-state index contributed by atoms with van der Waals surface area (Å²) < 4.78 is 5.51. The van der Waals surface area contributed by atoms with E-state index in [0.717, 1.165) is 18.1 Å². The molecule has 0 saturated heterocycles. The molecule has 1 heterocycles. The molecular weight excluding hydrogens is 234 g/mol. The van der Waals surface area contributed by atoms with Crippen LogP contribution < -0.4 is 4.74 Å². The highest BCUT2D eigenvalue weighted by Crippen LogP contribution is 2.65. The maximum absolute atomic E-state index is 5.51. The van der Waals surface area contributed by atoms with Crippen molar-refractivity contribution in [1.29, 1.82) is 0 Å². The van der Waals surface area contributed by atoms with Crippen LogP contribution in [0.3, 0.4) is 0 Å². The summed E-state index contributed by atoms with van der Waals surface area (Å²) in [4.78, 5) is 4.12. The van der Waals surface area contributed by atoms with Crippen molar-refractivity contribution in [2.45, 2.75) is 24.7 Å². The number of nitrogens with zero attached hydrogens (tertiary/aromatic N) is 1. The van der Waals surface area contributed by atoms with Gasteiger partial charge in [0.05, 0.1) is 7.11 Å². The number of methoxy groups -OCH3 is 1. The van der Waals surface area contributed by atoms with Crippen molar-refractivity contribution in [2.24, 2.45) is 5.92 Å². The average molecular weight is 251 g/mol. The molecule has 0 bridgehead atoms. The number of rotatable bonds is 2. The number of benzene rings is 1. The van der Waals surface area contributed by atoms with Gasteiger partial charge in [-0.3, -0.25) is 4.98 Å². The van der Waals surface area contributed by atoms with E-state index in [4.69, 9.17) is 4.74 Å². The van der Waals surface area contributed by atoms with Crippen molar-refractivity contribution < 1.29 is 4.74 Å². The third-order valence-corrected chi connectivity index (χ3v) is 4.74. The molecule has 2 heteroatoms. The molecule has 3 atom stereocenters. The molecule has 2 aliphatic carbocycles. The van der Waals surface area contributed by atoms with E-state index in [1.807, 2.05) is 12.4 Å². The zero-order valence-electron chi connectivity index (χ0n) is 11.0. The van der Waals surface area contributed by atoms with Gasteiger partial charge in [-0.2, -0.15) is 0 Å². The lowest BCUT2D eigenvalue weighted by Gasteiger charge is -2.17. The highest BCUT2D eigenvalue weighted by atomic mass is 16.5. The first kappa shape index (κ1) is 11.0. The molecular formula is C17H17NO. The number of hydrogen-bond acceptors (Lipinski definition) is 2. The molecule has 0 N–H and O–H groups in total. The van der Waals surface area contributed by atoms with Crippen LogP contribution in [0.5, 0.6) is 5.75 Å². The van der Waals surface area contributed by atoms with Crippen molar-refractivity contribution in [3.05, 3.63) is 59.4 Å². The van der Waals surface area contributed by atoms with Gasteiger partial charge in [0.25, 0.3) is 0 Å². The molecule has 1 aromatic heterocycles. The van der Waals surface area contributed by atoms with Crippen LogP contribution in [0.2, 0.25) is 0 Å². The summed E-state index contributed by atoms with van der Waals surface area (Å²) in [7, 11) is 1.77. The van der Waals surface area contributed by atoms with Crippen LogP contribution in [0.25, 0.3) is 0 Å². The second-order valence-electron chi connectivity index (χ2n) is 5.56. The zero-order chi connectivity index (χ0) is 12.8. The molecule has 1 fully saturated rings. The highest BCUT2D eigenvalue weighted by Gasteiger charge is 2.53. The second-order valence-corrected chi connectivity index (χ2v) is 5.56. The Morgan fingerprint density at radius 2 is 1.95 bits per heavy atom. The molecule has 0 amide bonds. The number of hydrogen-bond donors (Lipinski definition) is 0. The highest BCUT2D eigenvalue weighted by molar-refractivity contribution is 5.50. The van der Waals surface area contributed by atoms with Crippen molar-refractivity contribution in [3.63, 3.8) is 0 Å². The van der Waals surface area contributed by atoms with Crippen molar-refractivity contribution >= 4 is 0 Å². The topological polar surface area (TPSA) is 22.1 Å². The number of fused-ring (bicyclic) bond motifs is 3. The maximum Gasteiger partial charge on any atom is 0.122 e. The van der Waals surface area contributed by atoms with E-state index in [-0.39, 0.29) is 0 Å². The lowest BCUT2D eigenvalue weighted by molar-refractivity contribution is 0.406. The molecule has 0 aliphatic heterocycles. The Morgan fingerprint density at radius 1 is 1.11 bits per heavy atom. The monoisotopic (exact) mass is 251 g/mol. The minimum Gasteiger partial charge on any atom is -0.496 e. The van der Waals surface area contributed by atoms with E-state index in [2.05, 4.69) is 35.3 Å². The van der Waals surface area contributed by atoms with Crippen molar-refractivity contribution in [3.8, 4) is 5.75 Å². The number of pyridine rings is 1. The van der Waals surface area contributed by atoms with Gasteiger partial charge in [-0.05, 0) is 65.5 Å². The van der Waals surface area contributed by atoms with Crippen LogP contribution in [0.4, 0.5) is 0 Å². The Balaban J connectivity index is 1.73. The lowest BCUT2D eigenvalue weighted by Crippen LogP contribution is -2.03. The predicted octanol–water partition coefficient (Wildman–Crippen LogP) is 3.53. The largest absolute Gasteiger partial charge is 0.496 e. The van der Waals surface area contributed by atoms with Gasteiger partial charge in [-0.15, -0.1) is 0 Å². The molecule has 0 spiro atoms. The Bertz CT molecular complexity index is 608. The molecule has 1 unspecified atom stereocenters. The molecule has 4 rings (SSSR count). The quantitative estimate of drug-likeness (QED) is 0.814. The molecule has 19 heavy (non-hydrogen) atoms. The van der Waals surface area contributed by atoms with Gasteiger partial charge in [0.2, 0.25) is 0 Å². The third kappa shape index (κ3) is 1.59. The van der Waals surface area contributed by atoms with E-state index < -0.39 is 0 Å². The molecule has 0 radical (unpaired) electrons. The zero-order valence-corrected chi connectivity index (χ0v) is 11.0. The van der Waals surface area contributed by atoms with Crippen LogP contribution in [-0.2, 0) is 6.42 Å². The first-order valence-electron chi connectivity index (χ1n) is 6.96. The van der Waals surface area contributed by atoms with Crippen LogP contribution in [-0.4, -0.2) is 12.1 Å². The van der Waals surface area contributed by atoms with E-state index >= 15 is 0 Å². The van der Waals surface area contributed by atoms with E-state index in [0.29, 0.717) is 11.8 Å². The van der Waals surface area contributed by atoms with Gasteiger partial charge < -0.3 is 4.74 Å². The van der Waals surface area contributed by atoms with Gasteiger partial charge in [0, 0.05) is 12.4 Å². The van der Waals surface area contributed by atoms with E-state index in [9.17, 15) is 0 Å². The molecule has 2 aromatic rings. The SMILES string of the molecule is COc1cccc2c1CC[C@@H]1C(c3ccncc3)[C@H]21. The first-order valence-corrected chi connectivity index (χ1v) is 6.96. The van der Waals surface area contributed by atoms with E-state index in [1.54, 1.807) is 7.11 Å². The fraction of sp³-hybridized carbons (Fsp3) is 0.353. The summed E-state index contributed by atoms with van der Waals surface area (Å²) in [6.45, 7) is 0. The summed E-state index contributed by atoms with van der Waals surface area (Å²) in [6, 6.07) is 10.8. The van der Waals surface area contributed by atoms with E-state index in [1.165, 1.54) is 23.1 Å². The molecule has 96 valence electrons. The Hall–Kier alpha value is -1.83. The smallest absolute Gasteiger partial charge is 0.122 e. The van der Waals surface area contributed by atoms with Crippen molar-refractivity contribution in [1.82, 2.24) is 4.98 Å². The standard InChI is InChI=1S/C17H17NO/c1-19-15-4-2-3-13-12(15)5-6-14-16(17(13)14)11-7-9-18-10-8-11/h2-4,7-10,14,16-17H,5-6H2,1H3/t14-,16?,17-/m1/s1. The Morgan fingerprint density at radius 3 is 2.74 bits per heavy atom. The van der Waals surface area contributed by atoms with Crippen LogP contribution >= 0.6 is 0 Å². The summed E-state index contributed by atoms with van der Waals surface area (Å²) in [5.41, 5.74) is 4.39. The number of aromatic nitrogens is 1. The van der Waals surface area contributed by atoms with Crippen molar-refractivity contribution in [2.75, 3.05) is 7.11 Å². The summed E-state index contributed by atoms with van der Waals surface area (Å²) in [5.74, 6) is 3.27. The lowest BCUT2D eigenvalue weighted by atomic mass is 9.91. The van der Waals surface area contributed by atoms with Gasteiger partial charge in [0.1, 0.15) is 5.75 Å². The van der Waals surface area contributed by atoms with Crippen LogP contribution in [0.15, 0.2) is 42.7 Å². The Kier molecular flexibility index (Phi) is 2.37. The second kappa shape index (κ2) is 4.09. The van der Waals surface area contributed by atoms with Crippen LogP contribution in [0, 0.1) is 5.92 Å². The minimum atomic E-state index is 0.691. The third-order valence-electron chi connectivity index (χ3n) is 4.74. The fourth-order valence-corrected chi connectivity index (χ4v) is 3.86. The molecule has 1 saturated carbocycles. The van der Waals surface area contributed by atoms with Crippen LogP contribution in [0.1, 0.15) is 34.9 Å². The minimum absolute atomic E-state index is 0.691. The van der Waals surface area contributed by atoms with Gasteiger partial charge in [0.15, 0.2) is 0 Å². The van der Waals surface area contributed by atoms with Gasteiger partial charge in [-0.25, -0.2) is 0 Å². The Labute approximate surface area is 113 Å². The first-order chi connectivity index (χ1) is 9.40.